The molecule has 0 bridgehead atoms. The van der Waals surface area contributed by atoms with Crippen LogP contribution in [0.1, 0.15) is 30.9 Å². The van der Waals surface area contributed by atoms with Crippen LogP contribution >= 0.6 is 23.2 Å². The molecule has 0 N–H and O–H groups in total. The standard InChI is InChI=1S/C21H18Cl2O/c1-14-2-7-17(12-15-3-8-18(22)9-4-15)21(24)20(14)13-16-5-10-19(23)11-6-16/h3-6,8-14H,2,7H2,1H3/b17-12+,20-13-. The van der Waals surface area contributed by atoms with Crippen molar-refractivity contribution in [1.29, 1.82) is 0 Å². The first-order valence-electron chi connectivity index (χ1n) is 8.01. The Morgan fingerprint density at radius 1 is 0.875 bits per heavy atom. The van der Waals surface area contributed by atoms with Crippen LogP contribution in [0.15, 0.2) is 59.7 Å². The zero-order chi connectivity index (χ0) is 17.1. The average Bonchev–Trinajstić information content (AvgIpc) is 2.58. The fourth-order valence-corrected chi connectivity index (χ4v) is 3.15. The third-order valence-electron chi connectivity index (χ3n) is 4.33. The minimum atomic E-state index is 0.138. The van der Waals surface area contributed by atoms with E-state index in [1.807, 2.05) is 60.7 Å². The van der Waals surface area contributed by atoms with Gasteiger partial charge in [-0.25, -0.2) is 0 Å². The van der Waals surface area contributed by atoms with E-state index in [2.05, 4.69) is 6.92 Å². The average molecular weight is 357 g/mol. The smallest absolute Gasteiger partial charge is 0.185 e. The van der Waals surface area contributed by atoms with Gasteiger partial charge in [-0.1, -0.05) is 54.4 Å². The summed E-state index contributed by atoms with van der Waals surface area (Å²) in [5.41, 5.74) is 3.73. The molecular formula is C21H18Cl2O. The van der Waals surface area contributed by atoms with Crippen molar-refractivity contribution < 1.29 is 4.79 Å². The highest BCUT2D eigenvalue weighted by Gasteiger charge is 2.26. The van der Waals surface area contributed by atoms with E-state index in [4.69, 9.17) is 23.2 Å². The first-order valence-corrected chi connectivity index (χ1v) is 8.76. The van der Waals surface area contributed by atoms with Crippen molar-refractivity contribution in [3.05, 3.63) is 80.8 Å². The summed E-state index contributed by atoms with van der Waals surface area (Å²) >= 11 is 11.9. The Bertz CT molecular complexity index is 799. The lowest BCUT2D eigenvalue weighted by molar-refractivity contribution is -0.113. The second kappa shape index (κ2) is 7.38. The molecule has 1 saturated carbocycles. The molecule has 1 nitrogen and oxygen atoms in total. The number of benzene rings is 2. The molecule has 0 saturated heterocycles. The van der Waals surface area contributed by atoms with Crippen molar-refractivity contribution in [2.24, 2.45) is 5.92 Å². The van der Waals surface area contributed by atoms with E-state index in [1.54, 1.807) is 0 Å². The minimum absolute atomic E-state index is 0.138. The van der Waals surface area contributed by atoms with Crippen LogP contribution in [0.4, 0.5) is 0 Å². The lowest BCUT2D eigenvalue weighted by Gasteiger charge is -2.23. The highest BCUT2D eigenvalue weighted by molar-refractivity contribution is 6.30. The van der Waals surface area contributed by atoms with Gasteiger partial charge in [0.2, 0.25) is 0 Å². The van der Waals surface area contributed by atoms with Gasteiger partial charge in [-0.15, -0.1) is 0 Å². The molecule has 1 aliphatic rings. The second-order valence-corrected chi connectivity index (χ2v) is 7.01. The van der Waals surface area contributed by atoms with Gasteiger partial charge in [-0.3, -0.25) is 4.79 Å². The second-order valence-electron chi connectivity index (χ2n) is 6.14. The summed E-state index contributed by atoms with van der Waals surface area (Å²) < 4.78 is 0. The fourth-order valence-electron chi connectivity index (χ4n) is 2.89. The van der Waals surface area contributed by atoms with Crippen molar-refractivity contribution in [2.75, 3.05) is 0 Å². The summed E-state index contributed by atoms with van der Waals surface area (Å²) in [5.74, 6) is 0.397. The van der Waals surface area contributed by atoms with Gasteiger partial charge in [0.25, 0.3) is 0 Å². The van der Waals surface area contributed by atoms with E-state index in [0.717, 1.165) is 35.1 Å². The van der Waals surface area contributed by atoms with Crippen molar-refractivity contribution in [2.45, 2.75) is 19.8 Å². The van der Waals surface area contributed by atoms with E-state index in [0.29, 0.717) is 10.0 Å². The monoisotopic (exact) mass is 356 g/mol. The van der Waals surface area contributed by atoms with Crippen LogP contribution in [0, 0.1) is 5.92 Å². The van der Waals surface area contributed by atoms with Crippen LogP contribution < -0.4 is 0 Å². The van der Waals surface area contributed by atoms with E-state index in [-0.39, 0.29) is 11.7 Å². The molecule has 122 valence electrons. The molecule has 24 heavy (non-hydrogen) atoms. The molecule has 1 fully saturated rings. The Kier molecular flexibility index (Phi) is 5.23. The molecule has 2 aromatic carbocycles. The van der Waals surface area contributed by atoms with E-state index < -0.39 is 0 Å². The Morgan fingerprint density at radius 3 is 1.92 bits per heavy atom. The largest absolute Gasteiger partial charge is 0.289 e. The zero-order valence-electron chi connectivity index (χ0n) is 13.4. The van der Waals surface area contributed by atoms with Crippen molar-refractivity contribution in [3.63, 3.8) is 0 Å². The zero-order valence-corrected chi connectivity index (χ0v) is 14.9. The lowest BCUT2D eigenvalue weighted by Crippen LogP contribution is -2.19. The molecule has 0 radical (unpaired) electrons. The van der Waals surface area contributed by atoms with Crippen molar-refractivity contribution in [1.82, 2.24) is 0 Å². The summed E-state index contributed by atoms with van der Waals surface area (Å²) in [5, 5.41) is 1.40. The van der Waals surface area contributed by atoms with Gasteiger partial charge in [0, 0.05) is 21.2 Å². The number of rotatable bonds is 2. The lowest BCUT2D eigenvalue weighted by atomic mass is 9.80. The molecule has 3 heteroatoms. The third-order valence-corrected chi connectivity index (χ3v) is 4.84. The number of carbonyl (C=O) groups excluding carboxylic acids is 1. The van der Waals surface area contributed by atoms with Gasteiger partial charge < -0.3 is 0 Å². The summed E-state index contributed by atoms with van der Waals surface area (Å²) in [6.45, 7) is 2.11. The van der Waals surface area contributed by atoms with Crippen LogP contribution in [0.3, 0.4) is 0 Å². The van der Waals surface area contributed by atoms with Crippen molar-refractivity contribution >= 4 is 41.1 Å². The van der Waals surface area contributed by atoms with E-state index >= 15 is 0 Å². The molecule has 1 aliphatic carbocycles. The molecular weight excluding hydrogens is 339 g/mol. The molecule has 0 aliphatic heterocycles. The Balaban J connectivity index is 1.91. The van der Waals surface area contributed by atoms with Gasteiger partial charge in [0.15, 0.2) is 5.78 Å². The number of allylic oxidation sites excluding steroid dienone is 2. The van der Waals surface area contributed by atoms with E-state index in [1.165, 1.54) is 0 Å². The van der Waals surface area contributed by atoms with Crippen LogP contribution in [0.5, 0.6) is 0 Å². The maximum Gasteiger partial charge on any atom is 0.185 e. The molecule has 0 aromatic heterocycles. The SMILES string of the molecule is CC1CC/C(=C\c2ccc(Cl)cc2)C(=O)/C1=C\c1ccc(Cl)cc1. The molecule has 1 atom stereocenters. The minimum Gasteiger partial charge on any atom is -0.289 e. The van der Waals surface area contributed by atoms with Gasteiger partial charge >= 0.3 is 0 Å². The van der Waals surface area contributed by atoms with E-state index in [9.17, 15) is 4.79 Å². The fraction of sp³-hybridized carbons (Fsp3) is 0.190. The van der Waals surface area contributed by atoms with Crippen LogP contribution in [-0.4, -0.2) is 5.78 Å². The Hall–Kier alpha value is -1.83. The van der Waals surface area contributed by atoms with Crippen LogP contribution in [0.2, 0.25) is 10.0 Å². The summed E-state index contributed by atoms with van der Waals surface area (Å²) in [6, 6.07) is 15.1. The highest BCUT2D eigenvalue weighted by atomic mass is 35.5. The highest BCUT2D eigenvalue weighted by Crippen LogP contribution is 2.32. The number of halogens is 2. The molecule has 0 heterocycles. The molecule has 2 aromatic rings. The first-order chi connectivity index (χ1) is 11.5. The molecule has 3 rings (SSSR count). The summed E-state index contributed by atoms with van der Waals surface area (Å²) in [4.78, 5) is 12.9. The quantitative estimate of drug-likeness (QED) is 0.564. The Labute approximate surface area is 152 Å². The maximum absolute atomic E-state index is 12.9. The number of Topliss-reactive ketones (excluding diaryl/α,β-unsaturated/α-hetero) is 1. The van der Waals surface area contributed by atoms with Gasteiger partial charge in [-0.2, -0.15) is 0 Å². The molecule has 0 spiro atoms. The van der Waals surface area contributed by atoms with Crippen molar-refractivity contribution in [3.8, 4) is 0 Å². The maximum atomic E-state index is 12.9. The number of carbonyl (C=O) groups is 1. The Morgan fingerprint density at radius 2 is 1.38 bits per heavy atom. The van der Waals surface area contributed by atoms with Gasteiger partial charge in [0.05, 0.1) is 0 Å². The third kappa shape index (κ3) is 3.98. The van der Waals surface area contributed by atoms with Crippen LogP contribution in [-0.2, 0) is 4.79 Å². The topological polar surface area (TPSA) is 17.1 Å². The summed E-state index contributed by atoms with van der Waals surface area (Å²) in [6.07, 6.45) is 5.74. The normalized spacial score (nSPS) is 21.5. The van der Waals surface area contributed by atoms with Gasteiger partial charge in [-0.05, 0) is 66.3 Å². The van der Waals surface area contributed by atoms with Crippen LogP contribution in [0.25, 0.3) is 12.2 Å². The number of hydrogen-bond acceptors (Lipinski definition) is 1. The first kappa shape index (κ1) is 17.0. The predicted molar refractivity (Wildman–Crippen MR) is 102 cm³/mol. The summed E-state index contributed by atoms with van der Waals surface area (Å²) in [7, 11) is 0. The van der Waals surface area contributed by atoms with Gasteiger partial charge in [0.1, 0.15) is 0 Å². The predicted octanol–water partition coefficient (Wildman–Crippen LogP) is 6.46. The molecule has 0 amide bonds. The molecule has 1 unspecified atom stereocenters. The number of ketones is 1. The number of hydrogen-bond donors (Lipinski definition) is 0.